The molecule has 0 saturated carbocycles. The van der Waals surface area contributed by atoms with Crippen molar-refractivity contribution in [1.29, 1.82) is 0 Å². The van der Waals surface area contributed by atoms with Gasteiger partial charge in [0.1, 0.15) is 30.5 Å². The number of nitrogens with zero attached hydrogens (tertiary/aromatic N) is 3. The zero-order chi connectivity index (χ0) is 19.1. The molecule has 3 N–H and O–H groups in total. The van der Waals surface area contributed by atoms with E-state index in [1.807, 2.05) is 24.3 Å². The number of amidine groups is 1. The Bertz CT molecular complexity index is 1060. The monoisotopic (exact) mass is 381 g/mol. The van der Waals surface area contributed by atoms with Crippen LogP contribution in [0, 0.1) is 6.08 Å². The number of nitrogens with one attached hydrogen (secondary N) is 2. The number of imidazole rings is 1. The molecule has 0 unspecified atom stereocenters. The van der Waals surface area contributed by atoms with Crippen LogP contribution < -0.4 is 10.1 Å². The Labute approximate surface area is 160 Å². The van der Waals surface area contributed by atoms with Crippen molar-refractivity contribution in [3.63, 3.8) is 0 Å². The molecule has 0 radical (unpaired) electrons. The summed E-state index contributed by atoms with van der Waals surface area (Å²) >= 11 is 0. The molecule has 2 aromatic carbocycles. The molecule has 0 bridgehead atoms. The minimum Gasteiger partial charge on any atom is -0.507 e. The number of aromatic amines is 1. The number of halogens is 1. The summed E-state index contributed by atoms with van der Waals surface area (Å²) in [5, 5.41) is 14.7. The number of rotatable bonds is 3. The van der Waals surface area contributed by atoms with Crippen LogP contribution in [0.1, 0.15) is 18.5 Å². The summed E-state index contributed by atoms with van der Waals surface area (Å²) in [4.78, 5) is 13.2. The fraction of sp³-hybridized carbons (Fsp3) is 0.300. The fourth-order valence-corrected chi connectivity index (χ4v) is 3.99. The van der Waals surface area contributed by atoms with Crippen molar-refractivity contribution in [2.75, 3.05) is 25.1 Å². The number of aromatic hydroxyl groups is 1. The second kappa shape index (κ2) is 6.70. The van der Waals surface area contributed by atoms with E-state index in [2.05, 4.69) is 25.2 Å². The maximum Gasteiger partial charge on any atom is 0.289 e. The zero-order valence-electron chi connectivity index (χ0n) is 15.2. The second-order valence-electron chi connectivity index (χ2n) is 7.00. The standard InChI is InChI=1S/C20H20FN5O2/c21-20-24-17-18(25-20)22-11-23-19(17)26-9-3-4-12(26)10-28-16-8-7-15(27)13-5-1-2-6-14(13)16/h1-2,5-8,12,22,27H,3-4,9-11H2,(H,24,25)/t12-/m1/s1. The molecule has 2 aliphatic heterocycles. The quantitative estimate of drug-likeness (QED) is 0.649. The Hall–Kier alpha value is -3.29. The highest BCUT2D eigenvalue weighted by Crippen LogP contribution is 2.33. The maximum absolute atomic E-state index is 13.6. The van der Waals surface area contributed by atoms with Crippen molar-refractivity contribution in [3.05, 3.63) is 48.2 Å². The van der Waals surface area contributed by atoms with Crippen LogP contribution in [0.3, 0.4) is 0 Å². The summed E-state index contributed by atoms with van der Waals surface area (Å²) in [6.07, 6.45) is 1.37. The number of H-pyrrole nitrogens is 1. The first-order valence-corrected chi connectivity index (χ1v) is 9.35. The lowest BCUT2D eigenvalue weighted by atomic mass is 10.1. The molecule has 28 heavy (non-hydrogen) atoms. The molecule has 1 atom stereocenters. The predicted molar refractivity (Wildman–Crippen MR) is 104 cm³/mol. The molecule has 2 aliphatic rings. The van der Waals surface area contributed by atoms with Gasteiger partial charge in [0.25, 0.3) is 6.08 Å². The van der Waals surface area contributed by atoms with Gasteiger partial charge in [-0.2, -0.15) is 9.37 Å². The van der Waals surface area contributed by atoms with Gasteiger partial charge in [-0.15, -0.1) is 0 Å². The number of hydrogen-bond acceptors (Lipinski definition) is 6. The third-order valence-electron chi connectivity index (χ3n) is 5.32. The van der Waals surface area contributed by atoms with Gasteiger partial charge in [-0.25, -0.2) is 4.99 Å². The van der Waals surface area contributed by atoms with Crippen molar-refractivity contribution in [2.24, 2.45) is 4.99 Å². The highest BCUT2D eigenvalue weighted by atomic mass is 19.1. The van der Waals surface area contributed by atoms with E-state index in [4.69, 9.17) is 4.74 Å². The number of ether oxygens (including phenoxy) is 1. The number of phenolic OH excluding ortho intramolecular Hbond substituents is 1. The van der Waals surface area contributed by atoms with Crippen molar-refractivity contribution in [1.82, 2.24) is 14.9 Å². The molecule has 5 rings (SSSR count). The normalized spacial score (nSPS) is 18.7. The van der Waals surface area contributed by atoms with Crippen LogP contribution in [0.15, 0.2) is 41.4 Å². The highest BCUT2D eigenvalue weighted by molar-refractivity contribution is 6.02. The lowest BCUT2D eigenvalue weighted by Crippen LogP contribution is -2.41. The summed E-state index contributed by atoms with van der Waals surface area (Å²) in [5.41, 5.74) is 0.589. The number of anilines is 1. The minimum atomic E-state index is -0.616. The van der Waals surface area contributed by atoms with E-state index >= 15 is 0 Å². The molecule has 8 heteroatoms. The third kappa shape index (κ3) is 2.81. The molecule has 1 saturated heterocycles. The van der Waals surface area contributed by atoms with Crippen LogP contribution in [-0.4, -0.2) is 51.7 Å². The van der Waals surface area contributed by atoms with E-state index in [-0.39, 0.29) is 11.8 Å². The molecular formula is C20H20FN5O2. The van der Waals surface area contributed by atoms with Gasteiger partial charge in [0, 0.05) is 17.3 Å². The summed E-state index contributed by atoms with van der Waals surface area (Å²) in [7, 11) is 0. The van der Waals surface area contributed by atoms with Crippen molar-refractivity contribution >= 4 is 22.4 Å². The lowest BCUT2D eigenvalue weighted by molar-refractivity contribution is 0.229. The van der Waals surface area contributed by atoms with Crippen LogP contribution in [0.5, 0.6) is 11.5 Å². The van der Waals surface area contributed by atoms with Crippen LogP contribution in [0.2, 0.25) is 0 Å². The number of aromatic nitrogens is 2. The Kier molecular flexibility index (Phi) is 4.03. The molecule has 0 amide bonds. The molecule has 1 fully saturated rings. The SMILES string of the molecule is Oc1ccc(OC[C@H]2CCCN2C2=NCNc3nc(F)[nH]c32)c2ccccc12. The smallest absolute Gasteiger partial charge is 0.289 e. The zero-order valence-corrected chi connectivity index (χ0v) is 15.2. The van der Waals surface area contributed by atoms with E-state index < -0.39 is 6.08 Å². The van der Waals surface area contributed by atoms with Crippen LogP contribution in [-0.2, 0) is 0 Å². The Balaban J connectivity index is 1.38. The van der Waals surface area contributed by atoms with Crippen molar-refractivity contribution < 1.29 is 14.2 Å². The van der Waals surface area contributed by atoms with E-state index in [0.717, 1.165) is 41.7 Å². The number of phenols is 1. The van der Waals surface area contributed by atoms with Gasteiger partial charge in [-0.05, 0) is 25.0 Å². The number of aliphatic imine (C=N–C) groups is 1. The molecule has 7 nitrogen and oxygen atoms in total. The van der Waals surface area contributed by atoms with Crippen LogP contribution in [0.25, 0.3) is 10.8 Å². The molecule has 3 heterocycles. The summed E-state index contributed by atoms with van der Waals surface area (Å²) < 4.78 is 19.7. The Morgan fingerprint density at radius 2 is 2.07 bits per heavy atom. The van der Waals surface area contributed by atoms with E-state index in [9.17, 15) is 9.50 Å². The minimum absolute atomic E-state index is 0.128. The van der Waals surface area contributed by atoms with Crippen molar-refractivity contribution in [3.8, 4) is 11.5 Å². The average Bonchev–Trinajstić information content (AvgIpc) is 3.33. The average molecular weight is 381 g/mol. The highest BCUT2D eigenvalue weighted by Gasteiger charge is 2.32. The number of benzene rings is 2. The molecular weight excluding hydrogens is 361 g/mol. The summed E-state index contributed by atoms with van der Waals surface area (Å²) in [6.45, 7) is 1.69. The van der Waals surface area contributed by atoms with Crippen molar-refractivity contribution in [2.45, 2.75) is 18.9 Å². The largest absolute Gasteiger partial charge is 0.507 e. The molecule has 0 spiro atoms. The molecule has 144 valence electrons. The molecule has 0 aliphatic carbocycles. The predicted octanol–water partition coefficient (Wildman–Crippen LogP) is 3.08. The van der Waals surface area contributed by atoms with E-state index in [1.54, 1.807) is 12.1 Å². The van der Waals surface area contributed by atoms with E-state index in [1.165, 1.54) is 0 Å². The van der Waals surface area contributed by atoms with Gasteiger partial charge >= 0.3 is 0 Å². The summed E-state index contributed by atoms with van der Waals surface area (Å²) in [5.74, 6) is 2.20. The number of hydrogen-bond donors (Lipinski definition) is 3. The van der Waals surface area contributed by atoms with Gasteiger partial charge in [0.05, 0.1) is 6.04 Å². The lowest BCUT2D eigenvalue weighted by Gasteiger charge is -2.29. The number of fused-ring (bicyclic) bond motifs is 2. The fourth-order valence-electron chi connectivity index (χ4n) is 3.99. The third-order valence-corrected chi connectivity index (χ3v) is 5.32. The Morgan fingerprint density at radius 1 is 1.21 bits per heavy atom. The van der Waals surface area contributed by atoms with Crippen LogP contribution >= 0.6 is 0 Å². The Morgan fingerprint density at radius 3 is 2.96 bits per heavy atom. The van der Waals surface area contributed by atoms with Gasteiger partial charge in [-0.3, -0.25) is 0 Å². The van der Waals surface area contributed by atoms with Gasteiger partial charge in [0.2, 0.25) is 0 Å². The first kappa shape index (κ1) is 16.9. The maximum atomic E-state index is 13.6. The summed E-state index contributed by atoms with van der Waals surface area (Å²) in [6, 6.07) is 11.2. The van der Waals surface area contributed by atoms with Gasteiger partial charge in [-0.1, -0.05) is 24.3 Å². The topological polar surface area (TPSA) is 85.8 Å². The van der Waals surface area contributed by atoms with E-state index in [0.29, 0.717) is 24.8 Å². The van der Waals surface area contributed by atoms with Crippen LogP contribution in [0.4, 0.5) is 10.2 Å². The molecule has 3 aromatic rings. The number of likely N-dealkylation sites (tertiary alicyclic amines) is 1. The second-order valence-corrected chi connectivity index (χ2v) is 7.00. The molecule has 1 aromatic heterocycles. The van der Waals surface area contributed by atoms with Gasteiger partial charge < -0.3 is 25.0 Å². The first-order valence-electron chi connectivity index (χ1n) is 9.35. The van der Waals surface area contributed by atoms with Gasteiger partial charge in [0.15, 0.2) is 11.7 Å². The first-order chi connectivity index (χ1) is 13.7.